The van der Waals surface area contributed by atoms with E-state index in [0.29, 0.717) is 36.4 Å². The van der Waals surface area contributed by atoms with Crippen LogP contribution in [0.25, 0.3) is 17.0 Å². The second-order valence-electron chi connectivity index (χ2n) is 8.03. The quantitative estimate of drug-likeness (QED) is 0.459. The van der Waals surface area contributed by atoms with E-state index in [-0.39, 0.29) is 6.03 Å². The van der Waals surface area contributed by atoms with Gasteiger partial charge in [-0.25, -0.2) is 4.79 Å². The Morgan fingerprint density at radius 3 is 2.46 bits per heavy atom. The number of carbonyl (C=O) groups is 1. The fraction of sp³-hybridized carbons (Fsp3) is 0.346. The standard InChI is InChI=1S/C26H30N4O5/c1-6-14-30-16(3)22(23(27-26(30)31)18-10-13-20(32-4)21(15-18)33-5)25-28-24(29-35-25)17-8-11-19(12-9-17)34-7-2/h8-13,15,23H,6-7,14H2,1-5H3,(H,27,31). The van der Waals surface area contributed by atoms with Crippen molar-refractivity contribution >= 4 is 11.6 Å². The Morgan fingerprint density at radius 2 is 1.80 bits per heavy atom. The van der Waals surface area contributed by atoms with E-state index in [1.54, 1.807) is 19.1 Å². The maximum atomic E-state index is 13.0. The molecule has 9 heteroatoms. The van der Waals surface area contributed by atoms with Crippen molar-refractivity contribution in [2.75, 3.05) is 27.4 Å². The molecule has 2 aromatic carbocycles. The van der Waals surface area contributed by atoms with Crippen LogP contribution in [0.2, 0.25) is 0 Å². The first-order chi connectivity index (χ1) is 17.0. The molecule has 184 valence electrons. The summed E-state index contributed by atoms with van der Waals surface area (Å²) < 4.78 is 22.1. The van der Waals surface area contributed by atoms with E-state index in [0.717, 1.165) is 34.6 Å². The maximum Gasteiger partial charge on any atom is 0.322 e. The predicted molar refractivity (Wildman–Crippen MR) is 131 cm³/mol. The van der Waals surface area contributed by atoms with Crippen molar-refractivity contribution in [2.24, 2.45) is 0 Å². The zero-order valence-electron chi connectivity index (χ0n) is 20.6. The highest BCUT2D eigenvalue weighted by molar-refractivity contribution is 5.87. The molecular weight excluding hydrogens is 448 g/mol. The van der Waals surface area contributed by atoms with Gasteiger partial charge in [-0.3, -0.25) is 4.90 Å². The summed E-state index contributed by atoms with van der Waals surface area (Å²) in [6.45, 7) is 7.03. The molecule has 4 rings (SSSR count). The molecule has 1 unspecified atom stereocenters. The number of aromatic nitrogens is 2. The van der Waals surface area contributed by atoms with Gasteiger partial charge in [-0.1, -0.05) is 18.1 Å². The molecule has 1 aliphatic rings. The molecule has 3 aromatic rings. The van der Waals surface area contributed by atoms with Crippen LogP contribution in [0.3, 0.4) is 0 Å². The van der Waals surface area contributed by atoms with Gasteiger partial charge in [0.15, 0.2) is 11.5 Å². The van der Waals surface area contributed by atoms with Crippen LogP contribution in [0.4, 0.5) is 4.79 Å². The van der Waals surface area contributed by atoms with Crippen LogP contribution in [-0.2, 0) is 0 Å². The zero-order valence-corrected chi connectivity index (χ0v) is 20.6. The van der Waals surface area contributed by atoms with Crippen molar-refractivity contribution in [2.45, 2.75) is 33.2 Å². The van der Waals surface area contributed by atoms with Gasteiger partial charge in [0.2, 0.25) is 5.82 Å². The number of methoxy groups -OCH3 is 2. The third-order valence-corrected chi connectivity index (χ3v) is 5.86. The number of urea groups is 1. The van der Waals surface area contributed by atoms with E-state index in [4.69, 9.17) is 23.7 Å². The summed E-state index contributed by atoms with van der Waals surface area (Å²) >= 11 is 0. The lowest BCUT2D eigenvalue weighted by Crippen LogP contribution is -2.46. The van der Waals surface area contributed by atoms with Crippen LogP contribution in [0.1, 0.15) is 44.7 Å². The molecule has 0 spiro atoms. The number of rotatable bonds is 9. The van der Waals surface area contributed by atoms with Gasteiger partial charge < -0.3 is 24.1 Å². The van der Waals surface area contributed by atoms with Crippen molar-refractivity contribution in [1.82, 2.24) is 20.4 Å². The Labute approximate surface area is 204 Å². The summed E-state index contributed by atoms with van der Waals surface area (Å²) in [6.07, 6.45) is 0.806. The minimum absolute atomic E-state index is 0.181. The lowest BCUT2D eigenvalue weighted by atomic mass is 9.94. The topological polar surface area (TPSA) is 99.0 Å². The molecule has 1 aliphatic heterocycles. The molecule has 1 atom stereocenters. The molecule has 0 saturated heterocycles. The van der Waals surface area contributed by atoms with Crippen molar-refractivity contribution in [3.8, 4) is 28.6 Å². The van der Waals surface area contributed by atoms with Crippen LogP contribution >= 0.6 is 0 Å². The Hall–Kier alpha value is -4.01. The van der Waals surface area contributed by atoms with Gasteiger partial charge >= 0.3 is 6.03 Å². The molecule has 0 fully saturated rings. The first-order valence-electron chi connectivity index (χ1n) is 11.6. The molecule has 2 heterocycles. The first kappa shape index (κ1) is 24.1. The second kappa shape index (κ2) is 10.5. The smallest absolute Gasteiger partial charge is 0.322 e. The predicted octanol–water partition coefficient (Wildman–Crippen LogP) is 5.06. The van der Waals surface area contributed by atoms with Crippen LogP contribution in [0, 0.1) is 0 Å². The SMILES string of the molecule is CCCN1C(=O)NC(c2ccc(OC)c(OC)c2)C(c2nc(-c3ccc(OCC)cc3)no2)=C1C. The fourth-order valence-electron chi connectivity index (χ4n) is 4.15. The van der Waals surface area contributed by atoms with E-state index in [1.165, 1.54) is 0 Å². The number of nitrogens with zero attached hydrogens (tertiary/aromatic N) is 3. The molecule has 0 bridgehead atoms. The lowest BCUT2D eigenvalue weighted by molar-refractivity contribution is 0.205. The Balaban J connectivity index is 1.77. The van der Waals surface area contributed by atoms with Gasteiger partial charge in [0.25, 0.3) is 5.89 Å². The molecular formula is C26H30N4O5. The van der Waals surface area contributed by atoms with Crippen molar-refractivity contribution in [1.29, 1.82) is 0 Å². The Bertz CT molecular complexity index is 1220. The highest BCUT2D eigenvalue weighted by Crippen LogP contribution is 2.40. The summed E-state index contributed by atoms with van der Waals surface area (Å²) in [5.41, 5.74) is 3.10. The minimum Gasteiger partial charge on any atom is -0.494 e. The van der Waals surface area contributed by atoms with E-state index < -0.39 is 6.04 Å². The van der Waals surface area contributed by atoms with E-state index in [1.807, 2.05) is 63.2 Å². The number of carbonyl (C=O) groups excluding carboxylic acids is 1. The Kier molecular flexibility index (Phi) is 7.24. The molecule has 0 saturated carbocycles. The van der Waals surface area contributed by atoms with Gasteiger partial charge in [0, 0.05) is 17.8 Å². The number of hydrogen-bond acceptors (Lipinski definition) is 7. The molecule has 0 aliphatic carbocycles. The molecule has 0 radical (unpaired) electrons. The summed E-state index contributed by atoms with van der Waals surface area (Å²) in [7, 11) is 3.16. The van der Waals surface area contributed by atoms with Crippen molar-refractivity contribution < 1.29 is 23.5 Å². The maximum absolute atomic E-state index is 13.0. The van der Waals surface area contributed by atoms with Crippen molar-refractivity contribution in [3.05, 3.63) is 59.6 Å². The first-order valence-corrected chi connectivity index (χ1v) is 11.6. The number of ether oxygens (including phenoxy) is 3. The van der Waals surface area contributed by atoms with Crippen LogP contribution < -0.4 is 19.5 Å². The Morgan fingerprint density at radius 1 is 1.06 bits per heavy atom. The molecule has 1 aromatic heterocycles. The molecule has 9 nitrogen and oxygen atoms in total. The third-order valence-electron chi connectivity index (χ3n) is 5.86. The molecule has 2 amide bonds. The van der Waals surface area contributed by atoms with E-state index >= 15 is 0 Å². The monoisotopic (exact) mass is 478 g/mol. The van der Waals surface area contributed by atoms with Crippen LogP contribution in [-0.4, -0.2) is 48.4 Å². The molecule has 1 N–H and O–H groups in total. The van der Waals surface area contributed by atoms with E-state index in [2.05, 4.69) is 10.5 Å². The van der Waals surface area contributed by atoms with Gasteiger partial charge in [-0.2, -0.15) is 4.98 Å². The minimum atomic E-state index is -0.510. The van der Waals surface area contributed by atoms with Gasteiger partial charge in [0.1, 0.15) is 5.75 Å². The van der Waals surface area contributed by atoms with Crippen LogP contribution in [0.5, 0.6) is 17.2 Å². The van der Waals surface area contributed by atoms with Crippen LogP contribution in [0.15, 0.2) is 52.7 Å². The number of benzene rings is 2. The number of nitrogens with one attached hydrogen (secondary N) is 1. The highest BCUT2D eigenvalue weighted by atomic mass is 16.5. The summed E-state index contributed by atoms with van der Waals surface area (Å²) in [5.74, 6) is 2.73. The number of allylic oxidation sites excluding steroid dienone is 1. The number of hydrogen-bond donors (Lipinski definition) is 1. The lowest BCUT2D eigenvalue weighted by Gasteiger charge is -2.35. The summed E-state index contributed by atoms with van der Waals surface area (Å²) in [4.78, 5) is 19.4. The molecule has 35 heavy (non-hydrogen) atoms. The third kappa shape index (κ3) is 4.80. The highest BCUT2D eigenvalue weighted by Gasteiger charge is 2.35. The van der Waals surface area contributed by atoms with E-state index in [9.17, 15) is 4.79 Å². The number of amides is 2. The zero-order chi connectivity index (χ0) is 24.9. The van der Waals surface area contributed by atoms with Crippen molar-refractivity contribution in [3.63, 3.8) is 0 Å². The van der Waals surface area contributed by atoms with Gasteiger partial charge in [-0.15, -0.1) is 0 Å². The van der Waals surface area contributed by atoms with Gasteiger partial charge in [0.05, 0.1) is 32.4 Å². The largest absolute Gasteiger partial charge is 0.494 e. The average Bonchev–Trinajstić information content (AvgIpc) is 3.36. The second-order valence-corrected chi connectivity index (χ2v) is 8.03. The summed E-state index contributed by atoms with van der Waals surface area (Å²) in [5, 5.41) is 7.31. The average molecular weight is 479 g/mol. The fourth-order valence-corrected chi connectivity index (χ4v) is 4.15. The normalized spacial score (nSPS) is 15.7. The van der Waals surface area contributed by atoms with Gasteiger partial charge in [-0.05, 0) is 62.2 Å². The summed E-state index contributed by atoms with van der Waals surface area (Å²) in [6, 6.07) is 12.4.